The predicted molar refractivity (Wildman–Crippen MR) is 209 cm³/mol. The molecule has 0 radical (unpaired) electrons. The standard InChI is InChI=1S/C48H48/c1-32(2)36-25-27-38(28-26-36)44-13-7-9-15-46(44)41-29-40(45-14-8-6-12-43(45)37-21-17-33(3)18-22-37)30-42(31-41)48-35(5)11-10-16-47(48)39-23-19-34(4)20-24-39/h7-10,13-17,19-21,23-32,35H,6,11-12,18,22H2,1-5H3. The van der Waals surface area contributed by atoms with Crippen LogP contribution in [0.15, 0.2) is 144 Å². The lowest BCUT2D eigenvalue weighted by atomic mass is 9.78. The molecule has 3 aliphatic carbocycles. The summed E-state index contributed by atoms with van der Waals surface area (Å²) in [6.07, 6.45) is 19.8. The fraction of sp³-hybridized carbons (Fsp3) is 0.250. The normalized spacial score (nSPS) is 18.0. The summed E-state index contributed by atoms with van der Waals surface area (Å²) in [5, 5.41) is 0. The van der Waals surface area contributed by atoms with E-state index in [0.717, 1.165) is 32.1 Å². The fourth-order valence-electron chi connectivity index (χ4n) is 7.68. The molecule has 0 saturated carbocycles. The quantitative estimate of drug-likeness (QED) is 0.192. The highest BCUT2D eigenvalue weighted by atomic mass is 14.3. The first-order chi connectivity index (χ1) is 23.4. The Morgan fingerprint density at radius 3 is 1.98 bits per heavy atom. The lowest BCUT2D eigenvalue weighted by molar-refractivity contribution is 0.761. The summed E-state index contributed by atoms with van der Waals surface area (Å²) in [5.74, 6) is 0.929. The van der Waals surface area contributed by atoms with E-state index in [0.29, 0.717) is 11.8 Å². The lowest BCUT2D eigenvalue weighted by Gasteiger charge is -2.26. The van der Waals surface area contributed by atoms with Crippen LogP contribution in [0.4, 0.5) is 0 Å². The van der Waals surface area contributed by atoms with Crippen LogP contribution in [0.5, 0.6) is 0 Å². The number of hydrogen-bond donors (Lipinski definition) is 0. The van der Waals surface area contributed by atoms with Crippen molar-refractivity contribution < 1.29 is 0 Å². The van der Waals surface area contributed by atoms with Gasteiger partial charge in [-0.2, -0.15) is 0 Å². The zero-order chi connectivity index (χ0) is 33.2. The van der Waals surface area contributed by atoms with E-state index in [1.165, 1.54) is 83.5 Å². The van der Waals surface area contributed by atoms with Gasteiger partial charge in [-0.25, -0.2) is 0 Å². The van der Waals surface area contributed by atoms with Crippen LogP contribution in [-0.4, -0.2) is 0 Å². The molecule has 1 unspecified atom stereocenters. The Labute approximate surface area is 288 Å². The van der Waals surface area contributed by atoms with E-state index in [4.69, 9.17) is 0 Å². The third-order valence-electron chi connectivity index (χ3n) is 10.5. The molecule has 240 valence electrons. The molecule has 0 heteroatoms. The maximum Gasteiger partial charge on any atom is -0.0105 e. The Morgan fingerprint density at radius 1 is 0.604 bits per heavy atom. The molecule has 4 aromatic carbocycles. The van der Waals surface area contributed by atoms with Crippen molar-refractivity contribution in [3.8, 4) is 22.3 Å². The third-order valence-corrected chi connectivity index (χ3v) is 10.5. The molecule has 0 bridgehead atoms. The largest absolute Gasteiger partial charge is 0.0836 e. The van der Waals surface area contributed by atoms with Gasteiger partial charge in [0.05, 0.1) is 0 Å². The van der Waals surface area contributed by atoms with Crippen LogP contribution in [0.2, 0.25) is 0 Å². The van der Waals surface area contributed by atoms with Gasteiger partial charge >= 0.3 is 0 Å². The number of allylic oxidation sites excluding steroid dienone is 12. The predicted octanol–water partition coefficient (Wildman–Crippen LogP) is 13.7. The van der Waals surface area contributed by atoms with Crippen molar-refractivity contribution in [1.29, 1.82) is 0 Å². The fourth-order valence-corrected chi connectivity index (χ4v) is 7.68. The number of aryl methyl sites for hydroxylation is 1. The van der Waals surface area contributed by atoms with Crippen LogP contribution in [0.25, 0.3) is 39.0 Å². The summed E-state index contributed by atoms with van der Waals surface area (Å²) in [4.78, 5) is 0. The van der Waals surface area contributed by atoms with Gasteiger partial charge in [0, 0.05) is 0 Å². The molecule has 4 aromatic rings. The van der Waals surface area contributed by atoms with Crippen LogP contribution in [0, 0.1) is 12.8 Å². The van der Waals surface area contributed by atoms with Crippen molar-refractivity contribution in [3.63, 3.8) is 0 Å². The van der Waals surface area contributed by atoms with Gasteiger partial charge in [0.25, 0.3) is 0 Å². The molecule has 0 fully saturated rings. The number of hydrogen-bond acceptors (Lipinski definition) is 0. The molecule has 0 heterocycles. The van der Waals surface area contributed by atoms with Crippen molar-refractivity contribution in [2.75, 3.05) is 0 Å². The monoisotopic (exact) mass is 624 g/mol. The lowest BCUT2D eigenvalue weighted by Crippen LogP contribution is -2.07. The van der Waals surface area contributed by atoms with Gasteiger partial charge in [-0.05, 0) is 148 Å². The van der Waals surface area contributed by atoms with E-state index < -0.39 is 0 Å². The van der Waals surface area contributed by atoms with E-state index in [9.17, 15) is 0 Å². The van der Waals surface area contributed by atoms with Gasteiger partial charge in [0.15, 0.2) is 0 Å². The van der Waals surface area contributed by atoms with E-state index in [1.807, 2.05) is 0 Å². The first-order valence-corrected chi connectivity index (χ1v) is 18.0. The minimum Gasteiger partial charge on any atom is -0.0836 e. The number of rotatable bonds is 7. The van der Waals surface area contributed by atoms with Crippen molar-refractivity contribution in [1.82, 2.24) is 0 Å². The highest BCUT2D eigenvalue weighted by Crippen LogP contribution is 2.44. The summed E-state index contributed by atoms with van der Waals surface area (Å²) < 4.78 is 0. The summed E-state index contributed by atoms with van der Waals surface area (Å²) in [6, 6.07) is 34.7. The zero-order valence-electron chi connectivity index (χ0n) is 29.3. The Hall–Kier alpha value is -4.68. The third kappa shape index (κ3) is 6.54. The number of benzene rings is 4. The van der Waals surface area contributed by atoms with Crippen LogP contribution in [0.3, 0.4) is 0 Å². The van der Waals surface area contributed by atoms with Crippen LogP contribution in [0.1, 0.15) is 93.5 Å². The molecule has 7 rings (SSSR count). The minimum absolute atomic E-state index is 0.415. The first kappa shape index (κ1) is 31.9. The maximum absolute atomic E-state index is 2.50. The summed E-state index contributed by atoms with van der Waals surface area (Å²) in [7, 11) is 0. The van der Waals surface area contributed by atoms with E-state index in [2.05, 4.69) is 162 Å². The van der Waals surface area contributed by atoms with Crippen molar-refractivity contribution >= 4 is 16.7 Å². The second-order valence-electron chi connectivity index (χ2n) is 14.4. The molecular formula is C48H48. The Kier molecular flexibility index (Phi) is 9.18. The van der Waals surface area contributed by atoms with Gasteiger partial charge in [-0.15, -0.1) is 0 Å². The highest BCUT2D eigenvalue weighted by molar-refractivity contribution is 5.99. The molecule has 0 amide bonds. The smallest absolute Gasteiger partial charge is 0.0105 e. The molecule has 1 atom stereocenters. The Balaban J connectivity index is 1.47. The average molecular weight is 625 g/mol. The molecule has 48 heavy (non-hydrogen) atoms. The first-order valence-electron chi connectivity index (χ1n) is 18.0. The second kappa shape index (κ2) is 13.8. The Bertz CT molecular complexity index is 2010. The molecule has 3 aliphatic rings. The van der Waals surface area contributed by atoms with Gasteiger partial charge in [-0.1, -0.05) is 141 Å². The maximum atomic E-state index is 2.50. The van der Waals surface area contributed by atoms with E-state index in [-0.39, 0.29) is 0 Å². The topological polar surface area (TPSA) is 0 Å². The van der Waals surface area contributed by atoms with E-state index >= 15 is 0 Å². The SMILES string of the molecule is CC1=CC=C(C2=C(c3cc(C4=C(c5ccc(C)cc5)C=CCC4C)cc(-c4ccccc4-c4ccc(C(C)C)cc4)c3)C=CCC2)CC1. The molecule has 0 N–H and O–H groups in total. The van der Waals surface area contributed by atoms with Crippen molar-refractivity contribution in [2.24, 2.45) is 5.92 Å². The zero-order valence-corrected chi connectivity index (χ0v) is 29.3. The summed E-state index contributed by atoms with van der Waals surface area (Å²) in [5.41, 5.74) is 20.4. The summed E-state index contributed by atoms with van der Waals surface area (Å²) in [6.45, 7) is 11.4. The van der Waals surface area contributed by atoms with Crippen LogP contribution >= 0.6 is 0 Å². The molecule has 0 aromatic heterocycles. The average Bonchev–Trinajstić information content (AvgIpc) is 3.12. The molecular weight excluding hydrogens is 577 g/mol. The summed E-state index contributed by atoms with van der Waals surface area (Å²) >= 11 is 0. The highest BCUT2D eigenvalue weighted by Gasteiger charge is 2.23. The minimum atomic E-state index is 0.415. The Morgan fingerprint density at radius 2 is 1.27 bits per heavy atom. The molecule has 0 aliphatic heterocycles. The van der Waals surface area contributed by atoms with Crippen molar-refractivity contribution in [3.05, 3.63) is 172 Å². The molecule has 0 nitrogen and oxygen atoms in total. The van der Waals surface area contributed by atoms with Gasteiger partial charge < -0.3 is 0 Å². The van der Waals surface area contributed by atoms with Gasteiger partial charge in [-0.3, -0.25) is 0 Å². The van der Waals surface area contributed by atoms with Gasteiger partial charge in [0.2, 0.25) is 0 Å². The molecule has 0 spiro atoms. The molecule has 0 saturated heterocycles. The van der Waals surface area contributed by atoms with Crippen LogP contribution in [-0.2, 0) is 0 Å². The van der Waals surface area contributed by atoms with Crippen molar-refractivity contribution in [2.45, 2.75) is 72.6 Å². The van der Waals surface area contributed by atoms with Crippen LogP contribution < -0.4 is 0 Å². The van der Waals surface area contributed by atoms with E-state index in [1.54, 1.807) is 0 Å². The van der Waals surface area contributed by atoms with Gasteiger partial charge in [0.1, 0.15) is 0 Å². The second-order valence-corrected chi connectivity index (χ2v) is 14.4.